The summed E-state index contributed by atoms with van der Waals surface area (Å²) in [5.74, 6) is 0.608. The second-order valence-corrected chi connectivity index (χ2v) is 7.17. The molecule has 2 aromatic heterocycles. The summed E-state index contributed by atoms with van der Waals surface area (Å²) >= 11 is 1.24. The first-order valence-electron chi connectivity index (χ1n) is 5.40. The Morgan fingerprint density at radius 3 is 2.78 bits per heavy atom. The number of ether oxygens (including phenoxy) is 1. The van der Waals surface area contributed by atoms with E-state index in [-0.39, 0.29) is 5.75 Å². The SMILES string of the molecule is CCS(=O)(=O)c1ccc(-c2cccnc2OC)s1. The predicted molar refractivity (Wildman–Crippen MR) is 71.8 cm³/mol. The maximum Gasteiger partial charge on any atom is 0.221 e. The lowest BCUT2D eigenvalue weighted by atomic mass is 10.2. The van der Waals surface area contributed by atoms with Gasteiger partial charge in [-0.2, -0.15) is 0 Å². The molecule has 0 amide bonds. The van der Waals surface area contributed by atoms with Gasteiger partial charge in [-0.15, -0.1) is 11.3 Å². The van der Waals surface area contributed by atoms with Crippen molar-refractivity contribution >= 4 is 21.2 Å². The van der Waals surface area contributed by atoms with Gasteiger partial charge in [-0.05, 0) is 24.3 Å². The monoisotopic (exact) mass is 283 g/mol. The van der Waals surface area contributed by atoms with Crippen molar-refractivity contribution in [1.82, 2.24) is 4.98 Å². The largest absolute Gasteiger partial charge is 0.481 e. The zero-order chi connectivity index (χ0) is 13.2. The van der Waals surface area contributed by atoms with Crippen LogP contribution in [0.4, 0.5) is 0 Å². The van der Waals surface area contributed by atoms with E-state index in [1.54, 1.807) is 38.4 Å². The summed E-state index contributed by atoms with van der Waals surface area (Å²) in [7, 11) is -1.60. The van der Waals surface area contributed by atoms with E-state index in [2.05, 4.69) is 4.98 Å². The van der Waals surface area contributed by atoms with Crippen LogP contribution in [0.15, 0.2) is 34.7 Å². The summed E-state index contributed by atoms with van der Waals surface area (Å²) in [6, 6.07) is 7.07. The molecule has 0 atom stereocenters. The van der Waals surface area contributed by atoms with E-state index in [0.29, 0.717) is 10.1 Å². The van der Waals surface area contributed by atoms with Crippen molar-refractivity contribution in [3.8, 4) is 16.3 Å². The van der Waals surface area contributed by atoms with Crippen molar-refractivity contribution in [2.75, 3.05) is 12.9 Å². The van der Waals surface area contributed by atoms with Crippen LogP contribution in [0.5, 0.6) is 5.88 Å². The highest BCUT2D eigenvalue weighted by atomic mass is 32.2. The average Bonchev–Trinajstić information content (AvgIpc) is 2.89. The van der Waals surface area contributed by atoms with Gasteiger partial charge in [0.1, 0.15) is 4.21 Å². The van der Waals surface area contributed by atoms with Crippen LogP contribution in [0, 0.1) is 0 Å². The number of sulfone groups is 1. The van der Waals surface area contributed by atoms with Gasteiger partial charge in [-0.1, -0.05) is 6.92 Å². The number of thiophene rings is 1. The Balaban J connectivity index is 2.48. The summed E-state index contributed by atoms with van der Waals surface area (Å²) in [6.07, 6.45) is 1.64. The van der Waals surface area contributed by atoms with Gasteiger partial charge in [0.15, 0.2) is 9.84 Å². The molecule has 0 aromatic carbocycles. The third-order valence-electron chi connectivity index (χ3n) is 2.50. The van der Waals surface area contributed by atoms with Gasteiger partial charge in [0, 0.05) is 11.1 Å². The molecule has 2 rings (SSSR count). The van der Waals surface area contributed by atoms with E-state index in [1.807, 2.05) is 6.07 Å². The number of pyridine rings is 1. The van der Waals surface area contributed by atoms with E-state index in [1.165, 1.54) is 11.3 Å². The molecule has 2 aromatic rings. The van der Waals surface area contributed by atoms with Crippen LogP contribution in [-0.4, -0.2) is 26.3 Å². The van der Waals surface area contributed by atoms with Crippen LogP contribution >= 0.6 is 11.3 Å². The topological polar surface area (TPSA) is 56.3 Å². The Hall–Kier alpha value is -1.40. The molecule has 0 saturated heterocycles. The van der Waals surface area contributed by atoms with Gasteiger partial charge in [-0.3, -0.25) is 0 Å². The molecule has 0 fully saturated rings. The van der Waals surface area contributed by atoms with Crippen molar-refractivity contribution in [2.24, 2.45) is 0 Å². The molecule has 0 aliphatic carbocycles. The Bertz CT molecular complexity index is 647. The molecule has 0 spiro atoms. The van der Waals surface area contributed by atoms with Gasteiger partial charge in [0.2, 0.25) is 5.88 Å². The maximum atomic E-state index is 11.8. The van der Waals surface area contributed by atoms with Gasteiger partial charge < -0.3 is 4.74 Å². The number of nitrogens with zero attached hydrogens (tertiary/aromatic N) is 1. The Morgan fingerprint density at radius 1 is 1.33 bits per heavy atom. The fourth-order valence-corrected chi connectivity index (χ4v) is 3.96. The molecule has 0 aliphatic heterocycles. The highest BCUT2D eigenvalue weighted by molar-refractivity contribution is 7.93. The molecule has 0 radical (unpaired) electrons. The molecule has 4 nitrogen and oxygen atoms in total. The second-order valence-electron chi connectivity index (χ2n) is 3.58. The van der Waals surface area contributed by atoms with Crippen molar-refractivity contribution in [3.05, 3.63) is 30.5 Å². The van der Waals surface area contributed by atoms with Crippen LogP contribution in [0.2, 0.25) is 0 Å². The van der Waals surface area contributed by atoms with Crippen LogP contribution < -0.4 is 4.74 Å². The highest BCUT2D eigenvalue weighted by Gasteiger charge is 2.16. The number of methoxy groups -OCH3 is 1. The average molecular weight is 283 g/mol. The van der Waals surface area contributed by atoms with E-state index in [0.717, 1.165) is 10.4 Å². The second kappa shape index (κ2) is 5.07. The fourth-order valence-electron chi connectivity index (χ4n) is 1.52. The fraction of sp³-hybridized carbons (Fsp3) is 0.250. The summed E-state index contributed by atoms with van der Waals surface area (Å²) in [4.78, 5) is 4.94. The molecule has 0 saturated carbocycles. The number of rotatable bonds is 4. The number of hydrogen-bond donors (Lipinski definition) is 0. The zero-order valence-corrected chi connectivity index (χ0v) is 11.7. The first-order chi connectivity index (χ1) is 8.58. The lowest BCUT2D eigenvalue weighted by Gasteiger charge is -2.03. The van der Waals surface area contributed by atoms with Crippen molar-refractivity contribution < 1.29 is 13.2 Å². The summed E-state index contributed by atoms with van der Waals surface area (Å²) in [5, 5.41) is 0. The molecule has 0 unspecified atom stereocenters. The van der Waals surface area contributed by atoms with Crippen molar-refractivity contribution in [1.29, 1.82) is 0 Å². The molecule has 2 heterocycles. The normalized spacial score (nSPS) is 11.4. The van der Waals surface area contributed by atoms with Crippen molar-refractivity contribution in [2.45, 2.75) is 11.1 Å². The quantitative estimate of drug-likeness (QED) is 0.865. The molecule has 6 heteroatoms. The predicted octanol–water partition coefficient (Wildman–Crippen LogP) is 2.61. The Morgan fingerprint density at radius 2 is 2.11 bits per heavy atom. The number of hydrogen-bond acceptors (Lipinski definition) is 5. The zero-order valence-electron chi connectivity index (χ0n) is 10.1. The minimum Gasteiger partial charge on any atom is -0.481 e. The maximum absolute atomic E-state index is 11.8. The lowest BCUT2D eigenvalue weighted by molar-refractivity contribution is 0.400. The first-order valence-corrected chi connectivity index (χ1v) is 7.87. The molecule has 96 valence electrons. The van der Waals surface area contributed by atoms with Gasteiger partial charge in [-0.25, -0.2) is 13.4 Å². The molecule has 0 aliphatic rings. The Kier molecular flexibility index (Phi) is 3.68. The van der Waals surface area contributed by atoms with Crippen LogP contribution in [0.1, 0.15) is 6.92 Å². The molecular formula is C12H13NO3S2. The molecule has 0 bridgehead atoms. The lowest BCUT2D eigenvalue weighted by Crippen LogP contribution is -2.00. The van der Waals surface area contributed by atoms with Gasteiger partial charge >= 0.3 is 0 Å². The van der Waals surface area contributed by atoms with E-state index in [9.17, 15) is 8.42 Å². The highest BCUT2D eigenvalue weighted by Crippen LogP contribution is 2.35. The Labute approximate surface area is 110 Å². The molecular weight excluding hydrogens is 270 g/mol. The summed E-state index contributed by atoms with van der Waals surface area (Å²) < 4.78 is 29.1. The van der Waals surface area contributed by atoms with Gasteiger partial charge in [0.25, 0.3) is 0 Å². The summed E-state index contributed by atoms with van der Waals surface area (Å²) in [6.45, 7) is 1.64. The van der Waals surface area contributed by atoms with Gasteiger partial charge in [0.05, 0.1) is 18.4 Å². The third-order valence-corrected chi connectivity index (χ3v) is 5.93. The smallest absolute Gasteiger partial charge is 0.221 e. The van der Waals surface area contributed by atoms with Crippen LogP contribution in [-0.2, 0) is 9.84 Å². The van der Waals surface area contributed by atoms with E-state index in [4.69, 9.17) is 4.74 Å². The number of aromatic nitrogens is 1. The van der Waals surface area contributed by atoms with E-state index >= 15 is 0 Å². The van der Waals surface area contributed by atoms with Crippen LogP contribution in [0.3, 0.4) is 0 Å². The standard InChI is InChI=1S/C12H13NO3S2/c1-3-18(14,15)11-7-6-10(17-11)9-5-4-8-13-12(9)16-2/h4-8H,3H2,1-2H3. The summed E-state index contributed by atoms with van der Waals surface area (Å²) in [5.41, 5.74) is 0.808. The van der Waals surface area contributed by atoms with E-state index < -0.39 is 9.84 Å². The van der Waals surface area contributed by atoms with Crippen LogP contribution in [0.25, 0.3) is 10.4 Å². The first kappa shape index (κ1) is 13.0. The third kappa shape index (κ3) is 2.39. The van der Waals surface area contributed by atoms with Crippen molar-refractivity contribution in [3.63, 3.8) is 0 Å². The molecule has 0 N–H and O–H groups in total. The minimum atomic E-state index is -3.15. The molecule has 18 heavy (non-hydrogen) atoms. The minimum absolute atomic E-state index is 0.108.